The van der Waals surface area contributed by atoms with E-state index in [4.69, 9.17) is 0 Å². The van der Waals surface area contributed by atoms with Crippen molar-refractivity contribution in [2.75, 3.05) is 20.1 Å². The van der Waals surface area contributed by atoms with Gasteiger partial charge in [-0.25, -0.2) is 0 Å². The molecule has 0 aliphatic carbocycles. The molecule has 150 valence electrons. The van der Waals surface area contributed by atoms with Gasteiger partial charge in [0.15, 0.2) is 0 Å². The summed E-state index contributed by atoms with van der Waals surface area (Å²) in [5.41, 5.74) is 2.76. The van der Waals surface area contributed by atoms with Crippen LogP contribution in [0, 0.1) is 5.92 Å². The molecule has 3 amide bonds. The van der Waals surface area contributed by atoms with E-state index in [-0.39, 0.29) is 24.1 Å². The zero-order valence-electron chi connectivity index (χ0n) is 16.5. The van der Waals surface area contributed by atoms with Crippen molar-refractivity contribution in [2.45, 2.75) is 51.4 Å². The van der Waals surface area contributed by atoms with Crippen LogP contribution in [-0.4, -0.2) is 59.7 Å². The zero-order valence-corrected chi connectivity index (χ0v) is 16.5. The fraction of sp³-hybridized carbons (Fsp3) is 0.571. The number of benzene rings is 1. The van der Waals surface area contributed by atoms with Gasteiger partial charge in [-0.05, 0) is 56.1 Å². The summed E-state index contributed by atoms with van der Waals surface area (Å²) in [6, 6.07) is 6.05. The van der Waals surface area contributed by atoms with E-state index in [9.17, 15) is 14.4 Å². The van der Waals surface area contributed by atoms with Crippen LogP contribution in [0.4, 0.5) is 0 Å². The van der Waals surface area contributed by atoms with Crippen molar-refractivity contribution in [1.29, 1.82) is 0 Å². The number of fused-ring (bicyclic) bond motifs is 1. The Morgan fingerprint density at radius 1 is 1.21 bits per heavy atom. The summed E-state index contributed by atoms with van der Waals surface area (Å²) in [6.07, 6.45) is 1.80. The van der Waals surface area contributed by atoms with E-state index >= 15 is 0 Å². The van der Waals surface area contributed by atoms with Crippen LogP contribution in [0.25, 0.3) is 0 Å². The topological polar surface area (TPSA) is 81.8 Å². The van der Waals surface area contributed by atoms with Crippen LogP contribution in [-0.2, 0) is 22.7 Å². The SMILES string of the molecule is CC1CNCCC1N(C)Cc1ccc2c(c1)C(=O)N(C1CCC(=O)NC1=O)C2. The van der Waals surface area contributed by atoms with Gasteiger partial charge in [-0.3, -0.25) is 24.6 Å². The number of rotatable bonds is 4. The number of amides is 3. The van der Waals surface area contributed by atoms with Crippen molar-refractivity contribution in [3.63, 3.8) is 0 Å². The second-order valence-corrected chi connectivity index (χ2v) is 8.34. The standard InChI is InChI=1S/C21H28N4O3/c1-13-10-22-8-7-17(13)24(2)11-14-3-4-15-12-25(21(28)16(15)9-14)18-5-6-19(26)23-20(18)27/h3-4,9,13,17-18,22H,5-8,10-12H2,1-2H3,(H,23,26,27). The lowest BCUT2D eigenvalue weighted by atomic mass is 9.93. The number of hydrogen-bond acceptors (Lipinski definition) is 5. The second-order valence-electron chi connectivity index (χ2n) is 8.34. The number of nitrogens with zero attached hydrogens (tertiary/aromatic N) is 2. The average Bonchev–Trinajstić information content (AvgIpc) is 2.98. The van der Waals surface area contributed by atoms with Crippen molar-refractivity contribution in [3.8, 4) is 0 Å². The first kappa shape index (κ1) is 19.1. The van der Waals surface area contributed by atoms with Crippen LogP contribution in [0.2, 0.25) is 0 Å². The molecule has 2 saturated heterocycles. The van der Waals surface area contributed by atoms with Gasteiger partial charge in [0.2, 0.25) is 11.8 Å². The molecular formula is C21H28N4O3. The largest absolute Gasteiger partial charge is 0.322 e. The third kappa shape index (κ3) is 3.56. The highest BCUT2D eigenvalue weighted by molar-refractivity contribution is 6.05. The molecule has 3 aliphatic rings. The molecule has 2 N–H and O–H groups in total. The monoisotopic (exact) mass is 384 g/mol. The first-order chi connectivity index (χ1) is 13.4. The van der Waals surface area contributed by atoms with Crippen LogP contribution in [0.3, 0.4) is 0 Å². The van der Waals surface area contributed by atoms with E-state index in [1.54, 1.807) is 4.90 Å². The minimum Gasteiger partial charge on any atom is -0.322 e. The summed E-state index contributed by atoms with van der Waals surface area (Å²) in [5.74, 6) is -0.137. The van der Waals surface area contributed by atoms with Crippen molar-refractivity contribution in [2.24, 2.45) is 5.92 Å². The highest BCUT2D eigenvalue weighted by atomic mass is 16.2. The summed E-state index contributed by atoms with van der Waals surface area (Å²) in [5, 5.41) is 5.78. The molecule has 0 saturated carbocycles. The molecule has 7 heteroatoms. The van der Waals surface area contributed by atoms with Gasteiger partial charge in [-0.2, -0.15) is 0 Å². The Morgan fingerprint density at radius 3 is 2.79 bits per heavy atom. The number of nitrogens with one attached hydrogen (secondary N) is 2. The lowest BCUT2D eigenvalue weighted by Crippen LogP contribution is -2.52. The quantitative estimate of drug-likeness (QED) is 0.753. The number of carbonyl (C=O) groups excluding carboxylic acids is 3. The highest BCUT2D eigenvalue weighted by Gasteiger charge is 2.39. The van der Waals surface area contributed by atoms with Gasteiger partial charge in [0.05, 0.1) is 0 Å². The van der Waals surface area contributed by atoms with Crippen molar-refractivity contribution >= 4 is 17.7 Å². The van der Waals surface area contributed by atoms with Crippen LogP contribution in [0.15, 0.2) is 18.2 Å². The fourth-order valence-electron chi connectivity index (χ4n) is 4.76. The van der Waals surface area contributed by atoms with Crippen molar-refractivity contribution in [3.05, 3.63) is 34.9 Å². The van der Waals surface area contributed by atoms with Crippen LogP contribution < -0.4 is 10.6 Å². The molecule has 2 fully saturated rings. The Hall–Kier alpha value is -2.25. The van der Waals surface area contributed by atoms with Crippen LogP contribution in [0.5, 0.6) is 0 Å². The molecule has 3 unspecified atom stereocenters. The van der Waals surface area contributed by atoms with E-state index in [0.717, 1.165) is 37.2 Å². The molecular weight excluding hydrogens is 356 g/mol. The second kappa shape index (κ2) is 7.64. The normalized spacial score (nSPS) is 27.9. The van der Waals surface area contributed by atoms with Gasteiger partial charge in [-0.15, -0.1) is 0 Å². The Balaban J connectivity index is 1.47. The van der Waals surface area contributed by atoms with Gasteiger partial charge in [-0.1, -0.05) is 19.1 Å². The summed E-state index contributed by atoms with van der Waals surface area (Å²) in [6.45, 7) is 5.59. The van der Waals surface area contributed by atoms with E-state index < -0.39 is 6.04 Å². The number of hydrogen-bond donors (Lipinski definition) is 2. The molecule has 1 aromatic carbocycles. The Morgan fingerprint density at radius 2 is 2.04 bits per heavy atom. The molecule has 7 nitrogen and oxygen atoms in total. The van der Waals surface area contributed by atoms with E-state index in [1.807, 2.05) is 12.1 Å². The average molecular weight is 384 g/mol. The number of imide groups is 1. The van der Waals surface area contributed by atoms with Crippen molar-refractivity contribution in [1.82, 2.24) is 20.4 Å². The molecule has 4 rings (SSSR count). The predicted molar refractivity (Wildman–Crippen MR) is 104 cm³/mol. The summed E-state index contributed by atoms with van der Waals surface area (Å²) < 4.78 is 0. The first-order valence-corrected chi connectivity index (χ1v) is 10.1. The molecule has 3 aliphatic heterocycles. The van der Waals surface area contributed by atoms with Crippen LogP contribution in [0.1, 0.15) is 47.7 Å². The van der Waals surface area contributed by atoms with Gasteiger partial charge in [0.25, 0.3) is 5.91 Å². The zero-order chi connectivity index (χ0) is 19.8. The lowest BCUT2D eigenvalue weighted by molar-refractivity contribution is -0.136. The van der Waals surface area contributed by atoms with Gasteiger partial charge < -0.3 is 10.2 Å². The third-order valence-electron chi connectivity index (χ3n) is 6.33. The van der Waals surface area contributed by atoms with Gasteiger partial charge in [0, 0.05) is 31.1 Å². The maximum atomic E-state index is 13.0. The van der Waals surface area contributed by atoms with E-state index in [2.05, 4.69) is 35.6 Å². The Bertz CT molecular complexity index is 809. The summed E-state index contributed by atoms with van der Waals surface area (Å²) >= 11 is 0. The highest BCUT2D eigenvalue weighted by Crippen LogP contribution is 2.29. The van der Waals surface area contributed by atoms with Gasteiger partial charge >= 0.3 is 0 Å². The maximum absolute atomic E-state index is 13.0. The Kier molecular flexibility index (Phi) is 5.21. The predicted octanol–water partition coefficient (Wildman–Crippen LogP) is 0.877. The lowest BCUT2D eigenvalue weighted by Gasteiger charge is -2.36. The Labute approximate surface area is 165 Å². The minimum absolute atomic E-state index is 0.107. The van der Waals surface area contributed by atoms with E-state index in [1.165, 1.54) is 0 Å². The van der Waals surface area contributed by atoms with Crippen molar-refractivity contribution < 1.29 is 14.4 Å². The molecule has 1 aromatic rings. The van der Waals surface area contributed by atoms with E-state index in [0.29, 0.717) is 30.5 Å². The van der Waals surface area contributed by atoms with Crippen LogP contribution >= 0.6 is 0 Å². The molecule has 0 spiro atoms. The summed E-state index contributed by atoms with van der Waals surface area (Å²) in [4.78, 5) is 40.5. The first-order valence-electron chi connectivity index (χ1n) is 10.1. The fourth-order valence-corrected chi connectivity index (χ4v) is 4.76. The molecule has 28 heavy (non-hydrogen) atoms. The van der Waals surface area contributed by atoms with Gasteiger partial charge in [0.1, 0.15) is 6.04 Å². The number of piperidine rings is 2. The molecule has 3 atom stereocenters. The molecule has 3 heterocycles. The molecule has 0 radical (unpaired) electrons. The smallest absolute Gasteiger partial charge is 0.255 e. The summed E-state index contributed by atoms with van der Waals surface area (Å²) in [7, 11) is 2.15. The number of carbonyl (C=O) groups is 3. The molecule has 0 bridgehead atoms. The maximum Gasteiger partial charge on any atom is 0.255 e. The third-order valence-corrected chi connectivity index (χ3v) is 6.33. The molecule has 0 aromatic heterocycles. The minimum atomic E-state index is -0.556.